The molecule has 94 valence electrons. The third-order valence-corrected chi connectivity index (χ3v) is 4.34. The Morgan fingerprint density at radius 2 is 2.12 bits per heavy atom. The molecule has 0 amide bonds. The Bertz CT molecular complexity index is 394. The molecule has 0 heterocycles. The maximum atomic E-state index is 6.06. The molecule has 0 saturated heterocycles. The van der Waals surface area contributed by atoms with Crippen molar-refractivity contribution in [2.75, 3.05) is 14.2 Å². The van der Waals surface area contributed by atoms with Crippen LogP contribution in [-0.4, -0.2) is 20.2 Å². The van der Waals surface area contributed by atoms with Gasteiger partial charge in [-0.15, -0.1) is 0 Å². The minimum atomic E-state index is 0.610. The minimum absolute atomic E-state index is 0.610. The van der Waals surface area contributed by atoms with Crippen LogP contribution in [0.3, 0.4) is 0 Å². The molecule has 0 aromatic heterocycles. The average molecular weight is 254 g/mol. The van der Waals surface area contributed by atoms with Crippen LogP contribution in [0.2, 0.25) is 5.02 Å². The predicted octanol–water partition coefficient (Wildman–Crippen LogP) is 3.45. The number of ether oxygens (including phenoxy) is 1. The van der Waals surface area contributed by atoms with Gasteiger partial charge in [0.05, 0.1) is 12.1 Å². The number of nitrogens with one attached hydrogen (secondary N) is 1. The van der Waals surface area contributed by atoms with E-state index >= 15 is 0 Å². The van der Waals surface area contributed by atoms with Crippen molar-refractivity contribution in [3.63, 3.8) is 0 Å². The molecule has 1 aromatic rings. The highest BCUT2D eigenvalue weighted by molar-refractivity contribution is 6.32. The number of hydrogen-bond donors (Lipinski definition) is 1. The first kappa shape index (κ1) is 12.7. The summed E-state index contributed by atoms with van der Waals surface area (Å²) in [6.45, 7) is 2.32. The van der Waals surface area contributed by atoms with Crippen LogP contribution in [0.15, 0.2) is 18.2 Å². The zero-order valence-corrected chi connectivity index (χ0v) is 11.4. The molecule has 1 N–H and O–H groups in total. The summed E-state index contributed by atoms with van der Waals surface area (Å²) in [5.74, 6) is 2.05. The topological polar surface area (TPSA) is 21.3 Å². The highest BCUT2D eigenvalue weighted by Gasteiger charge is 2.32. The van der Waals surface area contributed by atoms with E-state index in [9.17, 15) is 0 Å². The smallest absolute Gasteiger partial charge is 0.137 e. The molecule has 1 aromatic carbocycles. The molecule has 0 aliphatic heterocycles. The summed E-state index contributed by atoms with van der Waals surface area (Å²) in [5, 5.41) is 4.08. The normalized spacial score (nSPS) is 28.4. The predicted molar refractivity (Wildman–Crippen MR) is 72.0 cm³/mol. The lowest BCUT2D eigenvalue weighted by molar-refractivity contribution is 0.409. The van der Waals surface area contributed by atoms with Gasteiger partial charge >= 0.3 is 0 Å². The molecular weight excluding hydrogens is 234 g/mol. The van der Waals surface area contributed by atoms with Crippen LogP contribution >= 0.6 is 11.6 Å². The summed E-state index contributed by atoms with van der Waals surface area (Å²) in [4.78, 5) is 0. The molecule has 3 atom stereocenters. The van der Waals surface area contributed by atoms with E-state index < -0.39 is 0 Å². The van der Waals surface area contributed by atoms with Crippen LogP contribution in [0.4, 0.5) is 0 Å². The molecule has 2 rings (SSSR count). The van der Waals surface area contributed by atoms with E-state index in [0.717, 1.165) is 5.75 Å². The number of benzene rings is 1. The van der Waals surface area contributed by atoms with E-state index in [1.54, 1.807) is 7.11 Å². The summed E-state index contributed by atoms with van der Waals surface area (Å²) in [7, 11) is 3.71. The molecule has 0 radical (unpaired) electrons. The Hall–Kier alpha value is -0.730. The Kier molecular flexibility index (Phi) is 3.95. The van der Waals surface area contributed by atoms with E-state index in [-0.39, 0.29) is 0 Å². The summed E-state index contributed by atoms with van der Waals surface area (Å²) < 4.78 is 5.29. The highest BCUT2D eigenvalue weighted by atomic mass is 35.5. The zero-order valence-electron chi connectivity index (χ0n) is 10.7. The van der Waals surface area contributed by atoms with Gasteiger partial charge in [-0.1, -0.05) is 24.6 Å². The van der Waals surface area contributed by atoms with Crippen LogP contribution in [-0.2, 0) is 0 Å². The van der Waals surface area contributed by atoms with Gasteiger partial charge in [-0.25, -0.2) is 0 Å². The lowest BCUT2D eigenvalue weighted by Crippen LogP contribution is -2.28. The van der Waals surface area contributed by atoms with Crippen LogP contribution in [0.1, 0.15) is 31.2 Å². The molecule has 17 heavy (non-hydrogen) atoms. The van der Waals surface area contributed by atoms with Gasteiger partial charge in [-0.05, 0) is 49.4 Å². The average Bonchev–Trinajstić information content (AvgIpc) is 2.71. The molecule has 1 aliphatic rings. The lowest BCUT2D eigenvalue weighted by Gasteiger charge is -2.21. The zero-order chi connectivity index (χ0) is 12.4. The van der Waals surface area contributed by atoms with E-state index in [0.29, 0.717) is 22.9 Å². The van der Waals surface area contributed by atoms with Crippen molar-refractivity contribution in [3.8, 4) is 5.75 Å². The second-order valence-electron chi connectivity index (χ2n) is 4.83. The standard InChI is InChI=1S/C14H20ClNO/c1-9-11(5-7-13(9)16-2)10-4-6-12(15)14(8-10)17-3/h4,6,8-9,11,13,16H,5,7H2,1-3H3. The van der Waals surface area contributed by atoms with Crippen LogP contribution in [0.25, 0.3) is 0 Å². The van der Waals surface area contributed by atoms with Crippen LogP contribution in [0.5, 0.6) is 5.75 Å². The van der Waals surface area contributed by atoms with Gasteiger partial charge in [0, 0.05) is 6.04 Å². The second kappa shape index (κ2) is 5.28. The van der Waals surface area contributed by atoms with E-state index in [2.05, 4.69) is 24.4 Å². The van der Waals surface area contributed by atoms with Gasteiger partial charge in [0.15, 0.2) is 0 Å². The van der Waals surface area contributed by atoms with E-state index in [1.165, 1.54) is 18.4 Å². The van der Waals surface area contributed by atoms with Gasteiger partial charge in [0.2, 0.25) is 0 Å². The molecule has 2 nitrogen and oxygen atoms in total. The Labute approximate surface area is 108 Å². The van der Waals surface area contributed by atoms with Crippen molar-refractivity contribution < 1.29 is 4.74 Å². The Balaban J connectivity index is 2.23. The monoisotopic (exact) mass is 253 g/mol. The summed E-state index contributed by atoms with van der Waals surface area (Å²) >= 11 is 6.06. The first-order valence-corrected chi connectivity index (χ1v) is 6.56. The fraction of sp³-hybridized carbons (Fsp3) is 0.571. The maximum absolute atomic E-state index is 6.06. The maximum Gasteiger partial charge on any atom is 0.137 e. The Morgan fingerprint density at radius 1 is 1.35 bits per heavy atom. The van der Waals surface area contributed by atoms with Gasteiger partial charge < -0.3 is 10.1 Å². The summed E-state index contributed by atoms with van der Waals surface area (Å²) in [6.07, 6.45) is 2.48. The van der Waals surface area contributed by atoms with E-state index in [1.807, 2.05) is 13.1 Å². The highest BCUT2D eigenvalue weighted by Crippen LogP contribution is 2.41. The van der Waals surface area contributed by atoms with Crippen LogP contribution in [0, 0.1) is 5.92 Å². The first-order valence-electron chi connectivity index (χ1n) is 6.18. The van der Waals surface area contributed by atoms with E-state index in [4.69, 9.17) is 16.3 Å². The molecule has 3 unspecified atom stereocenters. The van der Waals surface area contributed by atoms with Crippen LogP contribution < -0.4 is 10.1 Å². The fourth-order valence-electron chi connectivity index (χ4n) is 2.95. The van der Waals surface area contributed by atoms with Crippen molar-refractivity contribution in [1.29, 1.82) is 0 Å². The summed E-state index contributed by atoms with van der Waals surface area (Å²) in [5.41, 5.74) is 1.34. The molecule has 1 saturated carbocycles. The lowest BCUT2D eigenvalue weighted by atomic mass is 9.89. The first-order chi connectivity index (χ1) is 8.17. The van der Waals surface area contributed by atoms with Crippen molar-refractivity contribution in [3.05, 3.63) is 28.8 Å². The van der Waals surface area contributed by atoms with Crippen molar-refractivity contribution >= 4 is 11.6 Å². The van der Waals surface area contributed by atoms with Gasteiger partial charge in [-0.2, -0.15) is 0 Å². The second-order valence-corrected chi connectivity index (χ2v) is 5.24. The van der Waals surface area contributed by atoms with Gasteiger partial charge in [0.25, 0.3) is 0 Å². The third-order valence-electron chi connectivity index (χ3n) is 4.03. The number of halogens is 1. The largest absolute Gasteiger partial charge is 0.495 e. The number of hydrogen-bond acceptors (Lipinski definition) is 2. The van der Waals surface area contributed by atoms with Gasteiger partial charge in [-0.3, -0.25) is 0 Å². The van der Waals surface area contributed by atoms with Gasteiger partial charge in [0.1, 0.15) is 5.75 Å². The minimum Gasteiger partial charge on any atom is -0.495 e. The Morgan fingerprint density at radius 3 is 2.71 bits per heavy atom. The van der Waals surface area contributed by atoms with Crippen molar-refractivity contribution in [1.82, 2.24) is 5.32 Å². The SMILES string of the molecule is CNC1CCC(c2ccc(Cl)c(OC)c2)C1C. The third kappa shape index (κ3) is 2.43. The van der Waals surface area contributed by atoms with Crippen molar-refractivity contribution in [2.45, 2.75) is 31.7 Å². The number of rotatable bonds is 3. The summed E-state index contributed by atoms with van der Waals surface area (Å²) in [6, 6.07) is 6.78. The molecular formula is C14H20ClNO. The molecule has 1 fully saturated rings. The van der Waals surface area contributed by atoms with Crippen molar-refractivity contribution in [2.24, 2.45) is 5.92 Å². The fourth-order valence-corrected chi connectivity index (χ4v) is 3.14. The molecule has 3 heteroatoms. The molecule has 0 bridgehead atoms. The molecule has 1 aliphatic carbocycles. The number of methoxy groups -OCH3 is 1. The molecule has 0 spiro atoms. The quantitative estimate of drug-likeness (QED) is 0.891.